The zero-order valence-electron chi connectivity index (χ0n) is 14.7. The number of aryl methyl sites for hydroxylation is 1. The maximum atomic E-state index is 12.6. The Balaban J connectivity index is 1.90. The van der Waals surface area contributed by atoms with Crippen molar-refractivity contribution in [3.63, 3.8) is 0 Å². The fourth-order valence-corrected chi connectivity index (χ4v) is 3.89. The number of hydrogen-bond donors (Lipinski definition) is 1. The number of halogens is 1. The molecule has 6 nitrogen and oxygen atoms in total. The van der Waals surface area contributed by atoms with Crippen molar-refractivity contribution in [1.29, 1.82) is 0 Å². The van der Waals surface area contributed by atoms with Gasteiger partial charge in [0.2, 0.25) is 0 Å². The van der Waals surface area contributed by atoms with Crippen LogP contribution < -0.4 is 5.32 Å². The molecule has 3 rings (SSSR count). The quantitative estimate of drug-likeness (QED) is 0.408. The summed E-state index contributed by atoms with van der Waals surface area (Å²) in [6, 6.07) is 12.3. The number of aromatic nitrogens is 1. The van der Waals surface area contributed by atoms with Crippen LogP contribution in [0.3, 0.4) is 0 Å². The SMILES string of the molecule is CCc1sc(NC(=O)c2cccc([N+](=O)[O-])c2C)nc1-c1ccc(Br)cc1. The molecule has 0 aliphatic carbocycles. The monoisotopic (exact) mass is 445 g/mol. The summed E-state index contributed by atoms with van der Waals surface area (Å²) >= 11 is 4.83. The van der Waals surface area contributed by atoms with Crippen molar-refractivity contribution in [3.05, 3.63) is 73.1 Å². The average Bonchev–Trinajstić information content (AvgIpc) is 3.05. The predicted molar refractivity (Wildman–Crippen MR) is 110 cm³/mol. The van der Waals surface area contributed by atoms with Gasteiger partial charge in [0.1, 0.15) is 0 Å². The number of carbonyl (C=O) groups excluding carboxylic acids is 1. The minimum absolute atomic E-state index is 0.0772. The first kappa shape index (κ1) is 19.2. The Morgan fingerprint density at radius 3 is 2.59 bits per heavy atom. The van der Waals surface area contributed by atoms with E-state index < -0.39 is 10.8 Å². The Kier molecular flexibility index (Phi) is 5.67. The van der Waals surface area contributed by atoms with Gasteiger partial charge in [-0.2, -0.15) is 0 Å². The first-order chi connectivity index (χ1) is 12.9. The van der Waals surface area contributed by atoms with E-state index in [9.17, 15) is 14.9 Å². The Hall–Kier alpha value is -2.58. The summed E-state index contributed by atoms with van der Waals surface area (Å²) in [6.07, 6.45) is 0.786. The van der Waals surface area contributed by atoms with Gasteiger partial charge in [-0.25, -0.2) is 4.98 Å². The highest BCUT2D eigenvalue weighted by molar-refractivity contribution is 9.10. The third-order valence-electron chi connectivity index (χ3n) is 4.10. The molecule has 0 aliphatic heterocycles. The molecule has 0 saturated carbocycles. The molecule has 0 saturated heterocycles. The number of nitrogens with one attached hydrogen (secondary N) is 1. The molecule has 0 aliphatic rings. The molecular weight excluding hydrogens is 430 g/mol. The number of thiazole rings is 1. The summed E-state index contributed by atoms with van der Waals surface area (Å²) in [7, 11) is 0. The van der Waals surface area contributed by atoms with Gasteiger partial charge in [-0.05, 0) is 31.5 Å². The summed E-state index contributed by atoms with van der Waals surface area (Å²) in [5.74, 6) is -0.407. The zero-order valence-corrected chi connectivity index (χ0v) is 17.1. The van der Waals surface area contributed by atoms with E-state index in [4.69, 9.17) is 0 Å². The molecule has 0 atom stereocenters. The first-order valence-corrected chi connectivity index (χ1v) is 9.82. The maximum Gasteiger partial charge on any atom is 0.273 e. The van der Waals surface area contributed by atoms with Gasteiger partial charge >= 0.3 is 0 Å². The molecule has 138 valence electrons. The number of carbonyl (C=O) groups is 1. The molecule has 3 aromatic rings. The van der Waals surface area contributed by atoms with Crippen LogP contribution in [-0.4, -0.2) is 15.8 Å². The van der Waals surface area contributed by atoms with E-state index >= 15 is 0 Å². The molecule has 0 bridgehead atoms. The van der Waals surface area contributed by atoms with Crippen LogP contribution in [0.5, 0.6) is 0 Å². The van der Waals surface area contributed by atoms with Crippen molar-refractivity contribution in [3.8, 4) is 11.3 Å². The fraction of sp³-hybridized carbons (Fsp3) is 0.158. The second-order valence-electron chi connectivity index (χ2n) is 5.81. The van der Waals surface area contributed by atoms with Crippen molar-refractivity contribution >= 4 is 44.0 Å². The molecule has 0 fully saturated rings. The minimum atomic E-state index is -0.490. The Labute approximate surface area is 168 Å². The van der Waals surface area contributed by atoms with E-state index in [-0.39, 0.29) is 11.3 Å². The van der Waals surface area contributed by atoms with E-state index in [1.165, 1.54) is 23.5 Å². The van der Waals surface area contributed by atoms with Crippen molar-refractivity contribution in [2.45, 2.75) is 20.3 Å². The van der Waals surface area contributed by atoms with E-state index in [1.807, 2.05) is 31.2 Å². The zero-order chi connectivity index (χ0) is 19.6. The first-order valence-electron chi connectivity index (χ1n) is 8.21. The molecule has 0 radical (unpaired) electrons. The van der Waals surface area contributed by atoms with E-state index in [0.717, 1.165) is 27.0 Å². The number of hydrogen-bond acceptors (Lipinski definition) is 5. The summed E-state index contributed by atoms with van der Waals surface area (Å²) in [5, 5.41) is 14.3. The lowest BCUT2D eigenvalue weighted by atomic mass is 10.1. The van der Waals surface area contributed by atoms with E-state index in [0.29, 0.717) is 10.7 Å². The van der Waals surface area contributed by atoms with Gasteiger partial charge in [0, 0.05) is 32.1 Å². The molecule has 1 N–H and O–H groups in total. The van der Waals surface area contributed by atoms with Gasteiger partial charge in [0.25, 0.3) is 11.6 Å². The summed E-state index contributed by atoms with van der Waals surface area (Å²) in [4.78, 5) is 28.8. The second-order valence-corrected chi connectivity index (χ2v) is 7.81. The predicted octanol–water partition coefficient (Wildman–Crippen LogP) is 5.60. The summed E-state index contributed by atoms with van der Waals surface area (Å²) in [5.41, 5.74) is 2.33. The smallest absolute Gasteiger partial charge is 0.273 e. The van der Waals surface area contributed by atoms with Gasteiger partial charge in [-0.15, -0.1) is 11.3 Å². The molecule has 0 unspecified atom stereocenters. The highest BCUT2D eigenvalue weighted by Gasteiger charge is 2.20. The molecule has 2 aromatic carbocycles. The molecule has 0 spiro atoms. The van der Waals surface area contributed by atoms with Crippen molar-refractivity contribution in [2.24, 2.45) is 0 Å². The lowest BCUT2D eigenvalue weighted by molar-refractivity contribution is -0.385. The van der Waals surface area contributed by atoms with Crippen molar-refractivity contribution < 1.29 is 9.72 Å². The van der Waals surface area contributed by atoms with Crippen LogP contribution in [0.15, 0.2) is 46.9 Å². The number of amides is 1. The van der Waals surface area contributed by atoms with Gasteiger partial charge < -0.3 is 0 Å². The Morgan fingerprint density at radius 1 is 1.26 bits per heavy atom. The van der Waals surface area contributed by atoms with Crippen LogP contribution in [0.2, 0.25) is 0 Å². The van der Waals surface area contributed by atoms with Crippen molar-refractivity contribution in [1.82, 2.24) is 4.98 Å². The number of benzene rings is 2. The topological polar surface area (TPSA) is 85.1 Å². The van der Waals surface area contributed by atoms with Gasteiger partial charge in [-0.1, -0.05) is 41.1 Å². The van der Waals surface area contributed by atoms with E-state index in [1.54, 1.807) is 13.0 Å². The van der Waals surface area contributed by atoms with Gasteiger partial charge in [0.15, 0.2) is 5.13 Å². The van der Waals surface area contributed by atoms with Crippen LogP contribution in [0, 0.1) is 17.0 Å². The number of anilines is 1. The third kappa shape index (κ3) is 4.06. The number of rotatable bonds is 5. The average molecular weight is 446 g/mol. The molecular formula is C19H16BrN3O3S. The fourth-order valence-electron chi connectivity index (χ4n) is 2.71. The molecule has 1 amide bonds. The maximum absolute atomic E-state index is 12.6. The standard InChI is InChI=1S/C19H16BrN3O3S/c1-3-16-17(12-7-9-13(20)10-8-12)21-19(27-16)22-18(24)14-5-4-6-15(11(14)2)23(25)26/h4-10H,3H2,1-2H3,(H,21,22,24). The van der Waals surface area contributed by atoms with Crippen LogP contribution in [0.4, 0.5) is 10.8 Å². The Morgan fingerprint density at radius 2 is 1.96 bits per heavy atom. The second kappa shape index (κ2) is 7.98. The van der Waals surface area contributed by atoms with Crippen LogP contribution in [0.25, 0.3) is 11.3 Å². The highest BCUT2D eigenvalue weighted by Crippen LogP contribution is 2.32. The van der Waals surface area contributed by atoms with Crippen LogP contribution in [0.1, 0.15) is 27.7 Å². The number of nitro benzene ring substituents is 1. The third-order valence-corrected chi connectivity index (χ3v) is 5.75. The van der Waals surface area contributed by atoms with Crippen LogP contribution in [-0.2, 0) is 6.42 Å². The lowest BCUT2D eigenvalue weighted by Gasteiger charge is -2.05. The minimum Gasteiger partial charge on any atom is -0.298 e. The molecule has 1 aromatic heterocycles. The van der Waals surface area contributed by atoms with Gasteiger partial charge in [0.05, 0.1) is 10.6 Å². The normalized spacial score (nSPS) is 10.6. The molecule has 27 heavy (non-hydrogen) atoms. The molecule has 1 heterocycles. The van der Waals surface area contributed by atoms with Crippen LogP contribution >= 0.6 is 27.3 Å². The molecule has 8 heteroatoms. The van der Waals surface area contributed by atoms with Gasteiger partial charge in [-0.3, -0.25) is 20.2 Å². The number of nitrogens with zero attached hydrogens (tertiary/aromatic N) is 2. The van der Waals surface area contributed by atoms with Crippen molar-refractivity contribution in [2.75, 3.05) is 5.32 Å². The highest BCUT2D eigenvalue weighted by atomic mass is 79.9. The summed E-state index contributed by atoms with van der Waals surface area (Å²) < 4.78 is 0.981. The largest absolute Gasteiger partial charge is 0.298 e. The van der Waals surface area contributed by atoms with E-state index in [2.05, 4.69) is 26.2 Å². The Bertz CT molecular complexity index is 1020. The number of nitro groups is 1. The lowest BCUT2D eigenvalue weighted by Crippen LogP contribution is -2.14. The summed E-state index contributed by atoms with van der Waals surface area (Å²) in [6.45, 7) is 3.60.